The van der Waals surface area contributed by atoms with Gasteiger partial charge in [-0.1, -0.05) is 0 Å². The quantitative estimate of drug-likeness (QED) is 0.283. The first-order chi connectivity index (χ1) is 6.74. The second kappa shape index (κ2) is 2.75. The van der Waals surface area contributed by atoms with Crippen LogP contribution >= 0.6 is 0 Å². The molecule has 14 heavy (non-hydrogen) atoms. The Hall–Kier alpha value is -2.54. The van der Waals surface area contributed by atoms with Gasteiger partial charge in [0, 0.05) is 4.91 Å². The second-order valence-electron chi connectivity index (χ2n) is 2.40. The number of nitrogens with two attached hydrogens (primary N) is 2. The maximum absolute atomic E-state index is 8.22. The minimum absolute atomic E-state index is 0.00491. The third kappa shape index (κ3) is 0.967. The summed E-state index contributed by atoms with van der Waals surface area (Å²) in [5, 5.41) is 3.27. The van der Waals surface area contributed by atoms with Crippen LogP contribution in [0.1, 0.15) is 0 Å². The predicted octanol–water partition coefficient (Wildman–Crippen LogP) is 0.0641. The van der Waals surface area contributed by atoms with Gasteiger partial charge in [0.25, 0.3) is 0 Å². The lowest BCUT2D eigenvalue weighted by molar-refractivity contribution is 0.996. The fourth-order valence-corrected chi connectivity index (χ4v) is 1.03. The van der Waals surface area contributed by atoms with Crippen LogP contribution in [0.4, 0.5) is 11.8 Å². The largest absolute Gasteiger partial charge is 0.382 e. The number of nitrogens with zero attached hydrogens (tertiary/aromatic N) is 7. The van der Waals surface area contributed by atoms with E-state index >= 15 is 0 Å². The molecule has 0 saturated heterocycles. The molecule has 0 aliphatic rings. The molecule has 0 atom stereocenters. The summed E-state index contributed by atoms with van der Waals surface area (Å²) in [4.78, 5) is 14.0. The SMILES string of the molecule is [N-]=[N+]=Nc1nc2c(N)ncnc2n1N. The Labute approximate surface area is 77.0 Å². The van der Waals surface area contributed by atoms with Crippen LogP contribution < -0.4 is 11.6 Å². The van der Waals surface area contributed by atoms with Crippen molar-refractivity contribution in [3.05, 3.63) is 16.8 Å². The molecule has 0 aromatic carbocycles. The Morgan fingerprint density at radius 2 is 2.29 bits per heavy atom. The molecule has 0 bridgehead atoms. The van der Waals surface area contributed by atoms with E-state index in [1.165, 1.54) is 6.33 Å². The zero-order valence-electron chi connectivity index (χ0n) is 6.86. The van der Waals surface area contributed by atoms with Crippen molar-refractivity contribution in [1.29, 1.82) is 0 Å². The van der Waals surface area contributed by atoms with E-state index in [2.05, 4.69) is 25.0 Å². The molecule has 9 heteroatoms. The van der Waals surface area contributed by atoms with Gasteiger partial charge in [0.1, 0.15) is 6.33 Å². The summed E-state index contributed by atoms with van der Waals surface area (Å²) in [7, 11) is 0. The van der Waals surface area contributed by atoms with Crippen LogP contribution in [-0.4, -0.2) is 19.6 Å². The number of rotatable bonds is 1. The minimum Gasteiger partial charge on any atom is -0.382 e. The molecule has 0 aliphatic heterocycles. The summed E-state index contributed by atoms with van der Waals surface area (Å²) >= 11 is 0. The van der Waals surface area contributed by atoms with Crippen molar-refractivity contribution in [3.8, 4) is 0 Å². The lowest BCUT2D eigenvalue weighted by Crippen LogP contribution is -2.08. The van der Waals surface area contributed by atoms with E-state index in [4.69, 9.17) is 17.1 Å². The number of hydrogen-bond donors (Lipinski definition) is 2. The first-order valence-corrected chi connectivity index (χ1v) is 3.53. The Kier molecular flexibility index (Phi) is 1.58. The van der Waals surface area contributed by atoms with Crippen molar-refractivity contribution in [2.45, 2.75) is 0 Å². The van der Waals surface area contributed by atoms with Crippen molar-refractivity contribution in [2.75, 3.05) is 11.6 Å². The molecule has 2 aromatic rings. The number of fused-ring (bicyclic) bond motifs is 1. The van der Waals surface area contributed by atoms with Gasteiger partial charge in [0.15, 0.2) is 17.0 Å². The maximum atomic E-state index is 8.22. The lowest BCUT2D eigenvalue weighted by Gasteiger charge is -1.94. The molecule has 0 aliphatic carbocycles. The van der Waals surface area contributed by atoms with E-state index < -0.39 is 0 Å². The number of nitrogen functional groups attached to an aromatic ring is 2. The molecule has 0 fully saturated rings. The topological polar surface area (TPSA) is 144 Å². The predicted molar refractivity (Wildman–Crippen MR) is 48.7 cm³/mol. The van der Waals surface area contributed by atoms with Gasteiger partial charge in [-0.25, -0.2) is 19.6 Å². The first-order valence-electron chi connectivity index (χ1n) is 3.53. The third-order valence-corrected chi connectivity index (χ3v) is 1.62. The number of aromatic nitrogens is 4. The molecular formula is C5H5N9. The minimum atomic E-state index is -0.00491. The van der Waals surface area contributed by atoms with Crippen LogP contribution in [0.3, 0.4) is 0 Å². The number of hydrogen-bond acceptors (Lipinski definition) is 6. The van der Waals surface area contributed by atoms with Crippen LogP contribution in [0.25, 0.3) is 21.6 Å². The van der Waals surface area contributed by atoms with Gasteiger partial charge in [-0.15, -0.1) is 0 Å². The smallest absolute Gasteiger partial charge is 0.218 e. The molecule has 0 unspecified atom stereocenters. The first kappa shape index (κ1) is 8.08. The summed E-state index contributed by atoms with van der Waals surface area (Å²) in [6.45, 7) is 0. The molecule has 2 heterocycles. The highest BCUT2D eigenvalue weighted by Crippen LogP contribution is 2.19. The highest BCUT2D eigenvalue weighted by atomic mass is 15.4. The van der Waals surface area contributed by atoms with Gasteiger partial charge in [0.2, 0.25) is 5.95 Å². The molecule has 0 amide bonds. The summed E-state index contributed by atoms with van der Waals surface area (Å²) in [6.07, 6.45) is 1.25. The average Bonchev–Trinajstić information content (AvgIpc) is 2.48. The zero-order chi connectivity index (χ0) is 10.1. The number of imidazole rings is 1. The van der Waals surface area contributed by atoms with E-state index in [1.807, 2.05) is 0 Å². The van der Waals surface area contributed by atoms with Crippen molar-refractivity contribution < 1.29 is 0 Å². The molecule has 0 saturated carbocycles. The Bertz CT molecular complexity index is 533. The van der Waals surface area contributed by atoms with E-state index in [0.29, 0.717) is 11.2 Å². The van der Waals surface area contributed by atoms with E-state index in [-0.39, 0.29) is 11.8 Å². The van der Waals surface area contributed by atoms with Crippen molar-refractivity contribution in [3.63, 3.8) is 0 Å². The molecule has 2 aromatic heterocycles. The zero-order valence-corrected chi connectivity index (χ0v) is 6.86. The maximum Gasteiger partial charge on any atom is 0.218 e. The third-order valence-electron chi connectivity index (χ3n) is 1.62. The molecular weight excluding hydrogens is 186 g/mol. The molecule has 2 rings (SSSR count). The van der Waals surface area contributed by atoms with Gasteiger partial charge < -0.3 is 11.6 Å². The number of azide groups is 1. The fourth-order valence-electron chi connectivity index (χ4n) is 1.03. The van der Waals surface area contributed by atoms with Crippen molar-refractivity contribution in [2.24, 2.45) is 5.11 Å². The normalized spacial score (nSPS) is 10.0. The lowest BCUT2D eigenvalue weighted by atomic mass is 10.5. The van der Waals surface area contributed by atoms with E-state index in [9.17, 15) is 0 Å². The molecule has 0 radical (unpaired) electrons. The summed E-state index contributed by atoms with van der Waals surface area (Å²) in [5.74, 6) is 5.72. The Morgan fingerprint density at radius 3 is 2.93 bits per heavy atom. The highest BCUT2D eigenvalue weighted by Gasteiger charge is 2.10. The van der Waals surface area contributed by atoms with Crippen LogP contribution in [-0.2, 0) is 0 Å². The van der Waals surface area contributed by atoms with Gasteiger partial charge >= 0.3 is 0 Å². The molecule has 9 nitrogen and oxygen atoms in total. The van der Waals surface area contributed by atoms with Crippen LogP contribution in [0.2, 0.25) is 0 Å². The van der Waals surface area contributed by atoms with Crippen molar-refractivity contribution in [1.82, 2.24) is 19.6 Å². The Morgan fingerprint density at radius 1 is 1.50 bits per heavy atom. The van der Waals surface area contributed by atoms with Crippen molar-refractivity contribution >= 4 is 22.9 Å². The fraction of sp³-hybridized carbons (Fsp3) is 0. The molecule has 4 N–H and O–H groups in total. The highest BCUT2D eigenvalue weighted by molar-refractivity contribution is 5.83. The molecule has 0 spiro atoms. The summed E-state index contributed by atoms with van der Waals surface area (Å²) in [6, 6.07) is 0. The summed E-state index contributed by atoms with van der Waals surface area (Å²) in [5.41, 5.74) is 14.4. The van der Waals surface area contributed by atoms with Gasteiger partial charge in [0.05, 0.1) is 0 Å². The standard InChI is InChI=1S/C5H5N9/c6-3-2-4(10-1-9-3)14(8)5(11-2)12-13-7/h1H,8H2,(H2,6,9,10). The van der Waals surface area contributed by atoms with Gasteiger partial charge in [-0.05, 0) is 10.6 Å². The van der Waals surface area contributed by atoms with Crippen LogP contribution in [0, 0.1) is 0 Å². The van der Waals surface area contributed by atoms with Crippen LogP contribution in [0.5, 0.6) is 0 Å². The van der Waals surface area contributed by atoms with Crippen LogP contribution in [0.15, 0.2) is 11.4 Å². The monoisotopic (exact) mass is 191 g/mol. The average molecular weight is 191 g/mol. The number of anilines is 1. The van der Waals surface area contributed by atoms with E-state index in [1.54, 1.807) is 0 Å². The summed E-state index contributed by atoms with van der Waals surface area (Å²) < 4.78 is 1.05. The van der Waals surface area contributed by atoms with Gasteiger partial charge in [-0.2, -0.15) is 0 Å². The van der Waals surface area contributed by atoms with E-state index in [0.717, 1.165) is 4.68 Å². The van der Waals surface area contributed by atoms with Gasteiger partial charge in [-0.3, -0.25) is 0 Å². The molecule has 70 valence electrons. The second-order valence-corrected chi connectivity index (χ2v) is 2.40. The Balaban J connectivity index is 2.85.